The van der Waals surface area contributed by atoms with E-state index < -0.39 is 0 Å². The van der Waals surface area contributed by atoms with E-state index in [-0.39, 0.29) is 0 Å². The van der Waals surface area contributed by atoms with E-state index in [1.54, 1.807) is 6.26 Å². The molecule has 0 radical (unpaired) electrons. The molecule has 2 N–H and O–H groups in total. The fraction of sp³-hybridized carbons (Fsp3) is 0.529. The Labute approximate surface area is 142 Å². The van der Waals surface area contributed by atoms with Gasteiger partial charge in [-0.25, -0.2) is 9.98 Å². The molecule has 0 spiro atoms. The van der Waals surface area contributed by atoms with Crippen LogP contribution in [-0.4, -0.2) is 30.6 Å². The van der Waals surface area contributed by atoms with E-state index in [1.807, 2.05) is 32.9 Å². The zero-order valence-corrected chi connectivity index (χ0v) is 14.6. The number of aromatic nitrogens is 1. The highest BCUT2D eigenvalue weighted by atomic mass is 16.5. The number of nitrogens with one attached hydrogen (secondary N) is 2. The van der Waals surface area contributed by atoms with Crippen LogP contribution in [0.5, 0.6) is 0 Å². The lowest BCUT2D eigenvalue weighted by Gasteiger charge is -2.10. The van der Waals surface area contributed by atoms with Gasteiger partial charge < -0.3 is 24.2 Å². The summed E-state index contributed by atoms with van der Waals surface area (Å²) < 4.78 is 16.3. The number of aryl methyl sites for hydroxylation is 2. The average Bonchev–Trinajstić information content (AvgIpc) is 3.18. The number of nitrogens with zero attached hydrogens (tertiary/aromatic N) is 2. The molecule has 0 aromatic carbocycles. The van der Waals surface area contributed by atoms with Crippen LogP contribution in [0.25, 0.3) is 0 Å². The number of hydrogen-bond donors (Lipinski definition) is 2. The summed E-state index contributed by atoms with van der Waals surface area (Å²) >= 11 is 0. The molecule has 7 nitrogen and oxygen atoms in total. The van der Waals surface area contributed by atoms with Gasteiger partial charge in [-0.15, -0.1) is 0 Å². The molecule has 0 aliphatic rings. The summed E-state index contributed by atoms with van der Waals surface area (Å²) in [6.45, 7) is 9.01. The van der Waals surface area contributed by atoms with Gasteiger partial charge in [0, 0.05) is 19.7 Å². The maximum absolute atomic E-state index is 5.55. The van der Waals surface area contributed by atoms with Gasteiger partial charge >= 0.3 is 0 Å². The highest BCUT2D eigenvalue weighted by Crippen LogP contribution is 2.08. The standard InChI is InChI=1S/C17H26N4O3/c1-4-18-17(20-11-16-21-13(2)14(3)24-16)19-8-6-9-22-12-15-7-5-10-23-15/h5,7,10H,4,6,8-9,11-12H2,1-3H3,(H2,18,19,20). The monoisotopic (exact) mass is 334 g/mol. The van der Waals surface area contributed by atoms with Gasteiger partial charge in [-0.05, 0) is 39.3 Å². The van der Waals surface area contributed by atoms with Crippen LogP contribution in [0.2, 0.25) is 0 Å². The number of oxazole rings is 1. The van der Waals surface area contributed by atoms with Crippen LogP contribution in [0.3, 0.4) is 0 Å². The van der Waals surface area contributed by atoms with Crippen molar-refractivity contribution < 1.29 is 13.6 Å². The van der Waals surface area contributed by atoms with E-state index in [1.165, 1.54) is 0 Å². The van der Waals surface area contributed by atoms with E-state index in [0.717, 1.165) is 42.7 Å². The van der Waals surface area contributed by atoms with Crippen molar-refractivity contribution in [3.63, 3.8) is 0 Å². The van der Waals surface area contributed by atoms with Crippen LogP contribution in [0.1, 0.15) is 36.4 Å². The van der Waals surface area contributed by atoms with E-state index >= 15 is 0 Å². The van der Waals surface area contributed by atoms with E-state index in [2.05, 4.69) is 20.6 Å². The molecule has 0 aliphatic carbocycles. The van der Waals surface area contributed by atoms with Gasteiger partial charge in [0.25, 0.3) is 0 Å². The molecule has 0 atom stereocenters. The molecule has 0 bridgehead atoms. The number of ether oxygens (including phenoxy) is 1. The summed E-state index contributed by atoms with van der Waals surface area (Å²) in [6, 6.07) is 3.76. The van der Waals surface area contributed by atoms with E-state index in [4.69, 9.17) is 13.6 Å². The van der Waals surface area contributed by atoms with E-state index in [0.29, 0.717) is 25.6 Å². The molecule has 0 saturated carbocycles. The van der Waals surface area contributed by atoms with Crippen molar-refractivity contribution in [3.05, 3.63) is 41.5 Å². The van der Waals surface area contributed by atoms with Gasteiger partial charge in [0.1, 0.15) is 24.7 Å². The SMILES string of the molecule is CCNC(=NCc1nc(C)c(C)o1)NCCCOCc1ccco1. The summed E-state index contributed by atoms with van der Waals surface area (Å²) in [4.78, 5) is 8.81. The second kappa shape index (κ2) is 9.77. The fourth-order valence-electron chi connectivity index (χ4n) is 2.04. The maximum Gasteiger partial charge on any atom is 0.216 e. The Morgan fingerprint density at radius 2 is 2.21 bits per heavy atom. The van der Waals surface area contributed by atoms with Crippen molar-refractivity contribution >= 4 is 5.96 Å². The lowest BCUT2D eigenvalue weighted by molar-refractivity contribution is 0.105. The molecular formula is C17H26N4O3. The lowest BCUT2D eigenvalue weighted by atomic mass is 10.4. The van der Waals surface area contributed by atoms with Crippen molar-refractivity contribution in [3.8, 4) is 0 Å². The minimum absolute atomic E-state index is 0.416. The van der Waals surface area contributed by atoms with Gasteiger partial charge in [-0.2, -0.15) is 0 Å². The van der Waals surface area contributed by atoms with Crippen LogP contribution in [0, 0.1) is 13.8 Å². The zero-order valence-electron chi connectivity index (χ0n) is 14.6. The third kappa shape index (κ3) is 6.08. The highest BCUT2D eigenvalue weighted by molar-refractivity contribution is 5.79. The molecule has 7 heteroatoms. The van der Waals surface area contributed by atoms with Crippen LogP contribution in [-0.2, 0) is 17.9 Å². The first-order valence-corrected chi connectivity index (χ1v) is 8.24. The summed E-state index contributed by atoms with van der Waals surface area (Å²) in [6.07, 6.45) is 2.53. The predicted octanol–water partition coefficient (Wildman–Crippen LogP) is 2.55. The fourth-order valence-corrected chi connectivity index (χ4v) is 2.04. The molecular weight excluding hydrogens is 308 g/mol. The molecule has 0 unspecified atom stereocenters. The minimum Gasteiger partial charge on any atom is -0.467 e. The van der Waals surface area contributed by atoms with Crippen LogP contribution >= 0.6 is 0 Å². The largest absolute Gasteiger partial charge is 0.467 e. The Morgan fingerprint density at radius 1 is 1.33 bits per heavy atom. The predicted molar refractivity (Wildman–Crippen MR) is 91.8 cm³/mol. The smallest absolute Gasteiger partial charge is 0.216 e. The van der Waals surface area contributed by atoms with Crippen LogP contribution in [0.4, 0.5) is 0 Å². The van der Waals surface area contributed by atoms with Gasteiger partial charge in [0.05, 0.1) is 12.0 Å². The van der Waals surface area contributed by atoms with Crippen molar-refractivity contribution in [1.29, 1.82) is 0 Å². The third-order valence-electron chi connectivity index (χ3n) is 3.37. The van der Waals surface area contributed by atoms with E-state index in [9.17, 15) is 0 Å². The number of guanidine groups is 1. The van der Waals surface area contributed by atoms with Crippen molar-refractivity contribution in [2.24, 2.45) is 4.99 Å². The zero-order chi connectivity index (χ0) is 17.2. The number of hydrogen-bond acceptors (Lipinski definition) is 5. The second-order valence-corrected chi connectivity index (χ2v) is 5.36. The van der Waals surface area contributed by atoms with Gasteiger partial charge in [0.15, 0.2) is 5.96 Å². The van der Waals surface area contributed by atoms with Gasteiger partial charge in [-0.1, -0.05) is 0 Å². The van der Waals surface area contributed by atoms with Crippen molar-refractivity contribution in [2.45, 2.75) is 40.3 Å². The average molecular weight is 334 g/mol. The Kier molecular flexibility index (Phi) is 7.35. The molecule has 2 rings (SSSR count). The molecule has 2 heterocycles. The number of aliphatic imine (C=N–C) groups is 1. The quantitative estimate of drug-likeness (QED) is 0.416. The Morgan fingerprint density at radius 3 is 2.88 bits per heavy atom. The first kappa shape index (κ1) is 18.1. The van der Waals surface area contributed by atoms with Crippen molar-refractivity contribution in [2.75, 3.05) is 19.7 Å². The molecule has 0 aliphatic heterocycles. The number of rotatable bonds is 9. The molecule has 0 saturated heterocycles. The molecule has 2 aromatic heterocycles. The first-order valence-electron chi connectivity index (χ1n) is 8.24. The van der Waals surface area contributed by atoms with Crippen molar-refractivity contribution in [1.82, 2.24) is 15.6 Å². The topological polar surface area (TPSA) is 84.8 Å². The summed E-state index contributed by atoms with van der Waals surface area (Å²) in [5.74, 6) is 3.06. The minimum atomic E-state index is 0.416. The molecule has 2 aromatic rings. The summed E-state index contributed by atoms with van der Waals surface area (Å²) in [5, 5.41) is 6.47. The Balaban J connectivity index is 1.67. The Bertz CT molecular complexity index is 600. The normalized spacial score (nSPS) is 11.7. The van der Waals surface area contributed by atoms with Crippen LogP contribution < -0.4 is 10.6 Å². The molecule has 0 amide bonds. The summed E-state index contributed by atoms with van der Waals surface area (Å²) in [7, 11) is 0. The molecule has 132 valence electrons. The van der Waals surface area contributed by atoms with Crippen LogP contribution in [0.15, 0.2) is 32.2 Å². The third-order valence-corrected chi connectivity index (χ3v) is 3.37. The second-order valence-electron chi connectivity index (χ2n) is 5.36. The van der Waals surface area contributed by atoms with Gasteiger partial charge in [-0.3, -0.25) is 0 Å². The first-order chi connectivity index (χ1) is 11.7. The Hall–Kier alpha value is -2.28. The molecule has 24 heavy (non-hydrogen) atoms. The molecule has 0 fully saturated rings. The maximum atomic E-state index is 5.55. The highest BCUT2D eigenvalue weighted by Gasteiger charge is 2.05. The summed E-state index contributed by atoms with van der Waals surface area (Å²) in [5.41, 5.74) is 0.909. The number of furan rings is 1. The van der Waals surface area contributed by atoms with Gasteiger partial charge in [0.2, 0.25) is 5.89 Å². The lowest BCUT2D eigenvalue weighted by Crippen LogP contribution is -2.38.